The third-order valence-corrected chi connectivity index (χ3v) is 4.71. The monoisotopic (exact) mass is 275 g/mol. The second-order valence-corrected chi connectivity index (χ2v) is 6.17. The minimum atomic E-state index is -0.348. The summed E-state index contributed by atoms with van der Waals surface area (Å²) in [5.41, 5.74) is 0.409. The Morgan fingerprint density at radius 1 is 1.30 bits per heavy atom. The predicted molar refractivity (Wildman–Crippen MR) is 81.4 cm³/mol. The zero-order chi connectivity index (χ0) is 14.8. The first kappa shape index (κ1) is 15.0. The summed E-state index contributed by atoms with van der Waals surface area (Å²) in [6.45, 7) is 2.27. The van der Waals surface area contributed by atoms with Crippen molar-refractivity contribution in [2.45, 2.75) is 38.1 Å². The summed E-state index contributed by atoms with van der Waals surface area (Å²) in [5, 5.41) is 0. The van der Waals surface area contributed by atoms with Gasteiger partial charge in [0.05, 0.1) is 12.6 Å². The van der Waals surface area contributed by atoms with E-state index in [1.165, 1.54) is 0 Å². The van der Waals surface area contributed by atoms with Crippen LogP contribution < -0.4 is 4.74 Å². The molecule has 1 aromatic rings. The van der Waals surface area contributed by atoms with Crippen LogP contribution in [0, 0.1) is 5.92 Å². The molecule has 3 nitrogen and oxygen atoms in total. The SMILES string of the molecule is COc1cccc(C(=O)C2(N(C)C)CCC(C)CC2)c1. The van der Waals surface area contributed by atoms with Crippen molar-refractivity contribution >= 4 is 5.78 Å². The smallest absolute Gasteiger partial charge is 0.183 e. The molecular formula is C17H25NO2. The van der Waals surface area contributed by atoms with Gasteiger partial charge >= 0.3 is 0 Å². The Hall–Kier alpha value is -1.35. The molecule has 2 rings (SSSR count). The van der Waals surface area contributed by atoms with Crippen LogP contribution in [0.4, 0.5) is 0 Å². The van der Waals surface area contributed by atoms with E-state index in [0.717, 1.165) is 42.9 Å². The van der Waals surface area contributed by atoms with E-state index in [1.807, 2.05) is 38.4 Å². The molecule has 0 heterocycles. The lowest BCUT2D eigenvalue weighted by molar-refractivity contribution is 0.0513. The Morgan fingerprint density at radius 3 is 2.50 bits per heavy atom. The van der Waals surface area contributed by atoms with Gasteiger partial charge in [0.25, 0.3) is 0 Å². The molecule has 0 N–H and O–H groups in total. The third kappa shape index (κ3) is 2.73. The minimum Gasteiger partial charge on any atom is -0.497 e. The van der Waals surface area contributed by atoms with Crippen LogP contribution in [0.2, 0.25) is 0 Å². The van der Waals surface area contributed by atoms with Gasteiger partial charge in [-0.1, -0.05) is 19.1 Å². The van der Waals surface area contributed by atoms with Gasteiger partial charge in [0.15, 0.2) is 5.78 Å². The third-order valence-electron chi connectivity index (χ3n) is 4.71. The molecule has 0 atom stereocenters. The number of Topliss-reactive ketones (excluding diaryl/α,β-unsaturated/α-hetero) is 1. The number of carbonyl (C=O) groups is 1. The summed E-state index contributed by atoms with van der Waals surface area (Å²) >= 11 is 0. The van der Waals surface area contributed by atoms with Crippen molar-refractivity contribution in [3.63, 3.8) is 0 Å². The minimum absolute atomic E-state index is 0.230. The topological polar surface area (TPSA) is 29.5 Å². The van der Waals surface area contributed by atoms with Crippen molar-refractivity contribution in [2.75, 3.05) is 21.2 Å². The van der Waals surface area contributed by atoms with Gasteiger partial charge in [-0.2, -0.15) is 0 Å². The summed E-state index contributed by atoms with van der Waals surface area (Å²) in [5.74, 6) is 1.70. The van der Waals surface area contributed by atoms with E-state index in [-0.39, 0.29) is 11.3 Å². The van der Waals surface area contributed by atoms with Crippen LogP contribution in [0.25, 0.3) is 0 Å². The van der Waals surface area contributed by atoms with E-state index in [2.05, 4.69) is 11.8 Å². The fourth-order valence-electron chi connectivity index (χ4n) is 3.15. The molecule has 0 unspecified atom stereocenters. The Bertz CT molecular complexity index is 474. The fraction of sp³-hybridized carbons (Fsp3) is 0.588. The van der Waals surface area contributed by atoms with Crippen molar-refractivity contribution in [1.82, 2.24) is 4.90 Å². The number of nitrogens with zero attached hydrogens (tertiary/aromatic N) is 1. The van der Waals surface area contributed by atoms with Crippen LogP contribution in [0.3, 0.4) is 0 Å². The second-order valence-electron chi connectivity index (χ2n) is 6.17. The summed E-state index contributed by atoms with van der Waals surface area (Å²) in [6.07, 6.45) is 4.12. The van der Waals surface area contributed by atoms with E-state index >= 15 is 0 Å². The number of hydrogen-bond acceptors (Lipinski definition) is 3. The highest BCUT2D eigenvalue weighted by molar-refractivity contribution is 6.03. The molecular weight excluding hydrogens is 250 g/mol. The molecule has 20 heavy (non-hydrogen) atoms. The van der Waals surface area contributed by atoms with Gasteiger partial charge in [-0.15, -0.1) is 0 Å². The summed E-state index contributed by atoms with van der Waals surface area (Å²) in [7, 11) is 5.68. The van der Waals surface area contributed by atoms with Crippen molar-refractivity contribution in [3.8, 4) is 5.75 Å². The largest absolute Gasteiger partial charge is 0.497 e. The van der Waals surface area contributed by atoms with Gasteiger partial charge in [0.1, 0.15) is 5.75 Å². The number of benzene rings is 1. The van der Waals surface area contributed by atoms with Crippen LogP contribution in [-0.2, 0) is 0 Å². The van der Waals surface area contributed by atoms with Crippen molar-refractivity contribution < 1.29 is 9.53 Å². The molecule has 0 saturated heterocycles. The summed E-state index contributed by atoms with van der Waals surface area (Å²) < 4.78 is 5.24. The van der Waals surface area contributed by atoms with Gasteiger partial charge in [-0.3, -0.25) is 9.69 Å². The molecule has 0 spiro atoms. The molecule has 0 amide bonds. The Morgan fingerprint density at radius 2 is 1.95 bits per heavy atom. The number of ether oxygens (including phenoxy) is 1. The number of carbonyl (C=O) groups excluding carboxylic acids is 1. The molecule has 1 saturated carbocycles. The first-order valence-electron chi connectivity index (χ1n) is 7.36. The summed E-state index contributed by atoms with van der Waals surface area (Å²) in [6, 6.07) is 7.52. The number of likely N-dealkylation sites (N-methyl/N-ethyl adjacent to an activating group) is 1. The molecule has 1 fully saturated rings. The quantitative estimate of drug-likeness (QED) is 0.789. The van der Waals surface area contributed by atoms with Gasteiger partial charge in [-0.05, 0) is 57.8 Å². The van der Waals surface area contributed by atoms with Crippen LogP contribution in [0.15, 0.2) is 24.3 Å². The van der Waals surface area contributed by atoms with Gasteiger partial charge in [-0.25, -0.2) is 0 Å². The maximum Gasteiger partial charge on any atom is 0.183 e. The molecule has 1 aliphatic carbocycles. The molecule has 3 heteroatoms. The van der Waals surface area contributed by atoms with Gasteiger partial charge in [0, 0.05) is 5.56 Å². The molecule has 0 radical (unpaired) electrons. The second kappa shape index (κ2) is 5.96. The highest BCUT2D eigenvalue weighted by atomic mass is 16.5. The first-order valence-corrected chi connectivity index (χ1v) is 7.36. The highest BCUT2D eigenvalue weighted by Gasteiger charge is 2.43. The van der Waals surface area contributed by atoms with E-state index in [1.54, 1.807) is 7.11 Å². The van der Waals surface area contributed by atoms with Crippen molar-refractivity contribution in [3.05, 3.63) is 29.8 Å². The van der Waals surface area contributed by atoms with Gasteiger partial charge < -0.3 is 4.74 Å². The number of rotatable bonds is 4. The maximum absolute atomic E-state index is 13.0. The average molecular weight is 275 g/mol. The van der Waals surface area contributed by atoms with Crippen LogP contribution in [0.1, 0.15) is 43.0 Å². The number of hydrogen-bond donors (Lipinski definition) is 0. The van der Waals surface area contributed by atoms with Crippen LogP contribution >= 0.6 is 0 Å². The predicted octanol–water partition coefficient (Wildman–Crippen LogP) is 3.39. The molecule has 110 valence electrons. The average Bonchev–Trinajstić information content (AvgIpc) is 2.47. The molecule has 0 aliphatic heterocycles. The lowest BCUT2D eigenvalue weighted by Crippen LogP contribution is -2.53. The Balaban J connectivity index is 2.31. The van der Waals surface area contributed by atoms with E-state index in [0.29, 0.717) is 0 Å². The molecule has 0 bridgehead atoms. The van der Waals surface area contributed by atoms with Crippen LogP contribution in [-0.4, -0.2) is 37.4 Å². The van der Waals surface area contributed by atoms with Crippen LogP contribution in [0.5, 0.6) is 5.75 Å². The zero-order valence-corrected chi connectivity index (χ0v) is 13.0. The highest BCUT2D eigenvalue weighted by Crippen LogP contribution is 2.38. The van der Waals surface area contributed by atoms with Crippen molar-refractivity contribution in [2.24, 2.45) is 5.92 Å². The summed E-state index contributed by atoms with van der Waals surface area (Å²) in [4.78, 5) is 15.2. The molecule has 1 aliphatic rings. The van der Waals surface area contributed by atoms with Crippen molar-refractivity contribution in [1.29, 1.82) is 0 Å². The van der Waals surface area contributed by atoms with E-state index < -0.39 is 0 Å². The lowest BCUT2D eigenvalue weighted by atomic mass is 9.72. The zero-order valence-electron chi connectivity index (χ0n) is 13.0. The lowest BCUT2D eigenvalue weighted by Gasteiger charge is -2.43. The van der Waals surface area contributed by atoms with E-state index in [9.17, 15) is 4.79 Å². The number of ketones is 1. The Kier molecular flexibility index (Phi) is 4.48. The normalized spacial score (nSPS) is 26.6. The molecule has 1 aromatic carbocycles. The van der Waals surface area contributed by atoms with E-state index in [4.69, 9.17) is 4.74 Å². The molecule has 0 aromatic heterocycles. The maximum atomic E-state index is 13.0. The standard InChI is InChI=1S/C17H25NO2/c1-13-8-10-17(11-9-13,18(2)3)16(19)14-6-5-7-15(12-14)20-4/h5-7,12-13H,8-11H2,1-4H3. The Labute approximate surface area is 121 Å². The van der Waals surface area contributed by atoms with Gasteiger partial charge in [0.2, 0.25) is 0 Å². The first-order chi connectivity index (χ1) is 9.49. The fourth-order valence-corrected chi connectivity index (χ4v) is 3.15. The number of methoxy groups -OCH3 is 1.